The molecule has 0 radical (unpaired) electrons. The fraction of sp³-hybridized carbons (Fsp3) is 0.917. The molecule has 4 aliphatic carbocycles. The third kappa shape index (κ3) is 14.0. The average molecular weight is 783 g/mol. The fourth-order valence-corrected chi connectivity index (χ4v) is 10.9. The molecule has 4 fully saturated rings. The lowest BCUT2D eigenvalue weighted by Gasteiger charge is -2.40. The van der Waals surface area contributed by atoms with E-state index >= 15 is 0 Å². The molecule has 4 N–H and O–H groups in total. The van der Waals surface area contributed by atoms with Gasteiger partial charge in [-0.3, -0.25) is 19.2 Å². The molecule has 322 valence electrons. The SMILES string of the molecule is CC(C)(C)C1CCCC(NC(=O)CC(C(=O)NC2CCCC(C(C)(C)C)C2)C(CC(=O)NC2CCCC(C(C)(C)C)C2)C(=O)NC2CCCC(C(C)(C)C)C2)C1. The predicted molar refractivity (Wildman–Crippen MR) is 230 cm³/mol. The molecule has 0 aromatic rings. The minimum atomic E-state index is -0.951. The molecule has 0 aromatic carbocycles. The minimum absolute atomic E-state index is 0.0167. The van der Waals surface area contributed by atoms with Crippen molar-refractivity contribution in [1.82, 2.24) is 21.3 Å². The summed E-state index contributed by atoms with van der Waals surface area (Å²) in [7, 11) is 0. The third-order valence-electron chi connectivity index (χ3n) is 15.0. The first-order chi connectivity index (χ1) is 25.9. The van der Waals surface area contributed by atoms with Crippen LogP contribution in [0.4, 0.5) is 0 Å². The van der Waals surface area contributed by atoms with Crippen LogP contribution in [0.1, 0.15) is 199 Å². The third-order valence-corrected chi connectivity index (χ3v) is 15.0. The van der Waals surface area contributed by atoms with E-state index in [0.29, 0.717) is 23.7 Å². The second-order valence-electron chi connectivity index (χ2n) is 23.5. The van der Waals surface area contributed by atoms with Crippen molar-refractivity contribution in [2.45, 2.75) is 223 Å². The zero-order chi connectivity index (χ0) is 41.6. The predicted octanol–water partition coefficient (Wildman–Crippen LogP) is 9.88. The van der Waals surface area contributed by atoms with E-state index in [1.165, 1.54) is 0 Å². The van der Waals surface area contributed by atoms with Gasteiger partial charge in [-0.1, -0.05) is 109 Å². The second-order valence-corrected chi connectivity index (χ2v) is 23.5. The second kappa shape index (κ2) is 19.3. The summed E-state index contributed by atoms with van der Waals surface area (Å²) < 4.78 is 0. The highest BCUT2D eigenvalue weighted by atomic mass is 16.2. The van der Waals surface area contributed by atoms with E-state index in [0.717, 1.165) is 103 Å². The van der Waals surface area contributed by atoms with Crippen LogP contribution in [0.2, 0.25) is 0 Å². The van der Waals surface area contributed by atoms with Crippen LogP contribution < -0.4 is 21.3 Å². The Kier molecular flexibility index (Phi) is 16.0. The largest absolute Gasteiger partial charge is 0.353 e. The van der Waals surface area contributed by atoms with Crippen molar-refractivity contribution in [2.24, 2.45) is 57.2 Å². The molecule has 0 aliphatic heterocycles. The topological polar surface area (TPSA) is 116 Å². The number of hydrogen-bond donors (Lipinski definition) is 4. The summed E-state index contributed by atoms with van der Waals surface area (Å²) in [6, 6.07) is 0.0578. The standard InChI is InChI=1S/C48H86N4O4/c1-45(2,3)31-17-13-21-35(25-31)49-41(53)29-39(43(55)51-37-23-15-19-33(27-37)47(7,8)9)40(44(56)52-38-24-16-20-34(28-38)48(10,11)12)30-42(54)50-36-22-14-18-32(26-36)46(4,5)6/h31-40H,13-30H2,1-12H3,(H,49,53)(H,50,54)(H,51,55)(H,52,56). The van der Waals surface area contributed by atoms with Gasteiger partial charge < -0.3 is 21.3 Å². The van der Waals surface area contributed by atoms with E-state index in [4.69, 9.17) is 0 Å². The Morgan fingerprint density at radius 3 is 0.857 bits per heavy atom. The van der Waals surface area contributed by atoms with Crippen LogP contribution in [-0.2, 0) is 19.2 Å². The molecule has 0 saturated heterocycles. The van der Waals surface area contributed by atoms with Crippen molar-refractivity contribution in [3.63, 3.8) is 0 Å². The van der Waals surface area contributed by atoms with Gasteiger partial charge in [-0.25, -0.2) is 0 Å². The molecule has 8 heteroatoms. The Morgan fingerprint density at radius 1 is 0.393 bits per heavy atom. The molecule has 4 aliphatic rings. The number of carbonyl (C=O) groups is 4. The molecule has 8 nitrogen and oxygen atoms in total. The summed E-state index contributed by atoms with van der Waals surface area (Å²) in [6.45, 7) is 27.3. The Labute approximate surface area is 343 Å². The molecule has 4 rings (SSSR count). The lowest BCUT2D eigenvalue weighted by Crippen LogP contribution is -2.52. The molecule has 0 aromatic heterocycles. The van der Waals surface area contributed by atoms with Crippen molar-refractivity contribution in [3.05, 3.63) is 0 Å². The maximum absolute atomic E-state index is 14.7. The van der Waals surface area contributed by atoms with E-state index in [9.17, 15) is 19.2 Å². The van der Waals surface area contributed by atoms with Crippen molar-refractivity contribution in [1.29, 1.82) is 0 Å². The number of nitrogens with one attached hydrogen (secondary N) is 4. The Bertz CT molecular complexity index is 1220. The Balaban J connectivity index is 1.61. The van der Waals surface area contributed by atoms with Gasteiger partial charge in [0.25, 0.3) is 0 Å². The van der Waals surface area contributed by atoms with Crippen LogP contribution in [0.25, 0.3) is 0 Å². The molecular formula is C48H86N4O4. The minimum Gasteiger partial charge on any atom is -0.353 e. The number of rotatable bonds is 11. The maximum Gasteiger partial charge on any atom is 0.224 e. The lowest BCUT2D eigenvalue weighted by atomic mass is 9.70. The zero-order valence-corrected chi connectivity index (χ0v) is 38.1. The van der Waals surface area contributed by atoms with Gasteiger partial charge in [-0.15, -0.1) is 0 Å². The van der Waals surface area contributed by atoms with Gasteiger partial charge in [0.2, 0.25) is 23.6 Å². The normalized spacial score (nSPS) is 30.7. The van der Waals surface area contributed by atoms with Crippen molar-refractivity contribution < 1.29 is 19.2 Å². The molecule has 0 bridgehead atoms. The first kappa shape index (κ1) is 46.6. The van der Waals surface area contributed by atoms with E-state index in [-0.39, 0.29) is 82.3 Å². The van der Waals surface area contributed by atoms with Crippen LogP contribution in [-0.4, -0.2) is 47.8 Å². The molecule has 10 atom stereocenters. The fourth-order valence-electron chi connectivity index (χ4n) is 10.9. The highest BCUT2D eigenvalue weighted by Gasteiger charge is 2.42. The molecular weight excluding hydrogens is 697 g/mol. The van der Waals surface area contributed by atoms with Gasteiger partial charge in [0.1, 0.15) is 0 Å². The number of hydrogen-bond acceptors (Lipinski definition) is 4. The summed E-state index contributed by atoms with van der Waals surface area (Å²) >= 11 is 0. The van der Waals surface area contributed by atoms with E-state index in [2.05, 4.69) is 104 Å². The van der Waals surface area contributed by atoms with Crippen LogP contribution in [0, 0.1) is 57.2 Å². The molecule has 4 saturated carbocycles. The highest BCUT2D eigenvalue weighted by Crippen LogP contribution is 2.41. The summed E-state index contributed by atoms with van der Waals surface area (Å²) in [4.78, 5) is 57.7. The average Bonchev–Trinajstić information content (AvgIpc) is 3.08. The summed E-state index contributed by atoms with van der Waals surface area (Å²) in [6.07, 6.45) is 15.8. The maximum atomic E-state index is 14.7. The Hall–Kier alpha value is -2.12. The van der Waals surface area contributed by atoms with Crippen LogP contribution in [0.15, 0.2) is 0 Å². The molecule has 4 amide bonds. The van der Waals surface area contributed by atoms with Gasteiger partial charge in [0.15, 0.2) is 0 Å². The highest BCUT2D eigenvalue weighted by molar-refractivity contribution is 5.94. The van der Waals surface area contributed by atoms with Crippen molar-refractivity contribution >= 4 is 23.6 Å². The zero-order valence-electron chi connectivity index (χ0n) is 38.1. The van der Waals surface area contributed by atoms with E-state index in [1.807, 2.05) is 0 Å². The number of carbonyl (C=O) groups excluding carboxylic acids is 4. The molecule has 0 heterocycles. The summed E-state index contributed by atoms with van der Waals surface area (Å²) in [5.41, 5.74) is 0.571. The molecule has 56 heavy (non-hydrogen) atoms. The first-order valence-corrected chi connectivity index (χ1v) is 23.1. The summed E-state index contributed by atoms with van der Waals surface area (Å²) in [5.74, 6) is -0.827. The van der Waals surface area contributed by atoms with Crippen LogP contribution in [0.3, 0.4) is 0 Å². The van der Waals surface area contributed by atoms with Gasteiger partial charge in [0, 0.05) is 37.0 Å². The molecule has 0 spiro atoms. The summed E-state index contributed by atoms with van der Waals surface area (Å²) in [5, 5.41) is 13.4. The Morgan fingerprint density at radius 2 is 0.625 bits per heavy atom. The quantitative estimate of drug-likeness (QED) is 0.167. The van der Waals surface area contributed by atoms with Crippen molar-refractivity contribution in [2.75, 3.05) is 0 Å². The smallest absolute Gasteiger partial charge is 0.224 e. The monoisotopic (exact) mass is 783 g/mol. The van der Waals surface area contributed by atoms with Crippen molar-refractivity contribution in [3.8, 4) is 0 Å². The lowest BCUT2D eigenvalue weighted by molar-refractivity contribution is -0.141. The van der Waals surface area contributed by atoms with Gasteiger partial charge in [-0.05, 0) is 122 Å². The van der Waals surface area contributed by atoms with E-state index < -0.39 is 11.8 Å². The van der Waals surface area contributed by atoms with Gasteiger partial charge in [-0.2, -0.15) is 0 Å². The van der Waals surface area contributed by atoms with E-state index in [1.54, 1.807) is 0 Å². The molecule has 10 unspecified atom stereocenters. The van der Waals surface area contributed by atoms with Crippen LogP contribution in [0.5, 0.6) is 0 Å². The van der Waals surface area contributed by atoms with Gasteiger partial charge in [0.05, 0.1) is 11.8 Å². The van der Waals surface area contributed by atoms with Crippen LogP contribution >= 0.6 is 0 Å². The first-order valence-electron chi connectivity index (χ1n) is 23.1. The van der Waals surface area contributed by atoms with Gasteiger partial charge >= 0.3 is 0 Å². The number of amides is 4.